The maximum Gasteiger partial charge on any atom is 0.350 e. The molecule has 1 rings (SSSR count). The van der Waals surface area contributed by atoms with E-state index in [4.69, 9.17) is 5.11 Å². The van der Waals surface area contributed by atoms with Gasteiger partial charge in [-0.2, -0.15) is 0 Å². The molecule has 0 saturated carbocycles. The highest BCUT2D eigenvalue weighted by Gasteiger charge is 2.12. The predicted molar refractivity (Wildman–Crippen MR) is 97.3 cm³/mol. The molecule has 1 aromatic carbocycles. The van der Waals surface area contributed by atoms with Crippen LogP contribution >= 0.6 is 0 Å². The number of carbonyl (C=O) groups excluding carboxylic acids is 1. The van der Waals surface area contributed by atoms with E-state index in [-0.39, 0.29) is 17.0 Å². The molecule has 0 heterocycles. The number of hydrogen-bond donors (Lipinski definition) is 1. The van der Waals surface area contributed by atoms with Crippen molar-refractivity contribution in [2.75, 3.05) is 19.8 Å². The Morgan fingerprint density at radius 3 is 2.56 bits per heavy atom. The molecule has 7 nitrogen and oxygen atoms in total. The van der Waals surface area contributed by atoms with Crippen LogP contribution in [-0.2, 0) is 14.8 Å². The number of amides is 1. The second-order valence-electron chi connectivity index (χ2n) is 5.58. The van der Waals surface area contributed by atoms with Gasteiger partial charge in [0.15, 0.2) is 0 Å². The molecule has 1 N–H and O–H groups in total. The van der Waals surface area contributed by atoms with E-state index in [0.717, 1.165) is 5.56 Å². The van der Waals surface area contributed by atoms with Crippen LogP contribution in [0.1, 0.15) is 35.7 Å². The molecular formula is C17H22N2O5S. The number of unbranched alkanes of at least 4 members (excludes halogenated alkanes) is 1. The lowest BCUT2D eigenvalue weighted by molar-refractivity contribution is -0.129. The number of sulfonamides is 1. The molecule has 0 aliphatic carbocycles. The van der Waals surface area contributed by atoms with E-state index in [2.05, 4.69) is 4.99 Å². The van der Waals surface area contributed by atoms with Gasteiger partial charge in [0.1, 0.15) is 5.71 Å². The summed E-state index contributed by atoms with van der Waals surface area (Å²) in [6.45, 7) is 1.26. The second kappa shape index (κ2) is 9.24. The highest BCUT2D eigenvalue weighted by atomic mass is 32.2. The SMILES string of the molecule is C/C(=N\C(=O)c1cccc(/C=C\CCCS(=O)(=O)N(C)C)c1)C(=O)O. The first-order valence-electron chi connectivity index (χ1n) is 7.63. The molecule has 25 heavy (non-hydrogen) atoms. The maximum atomic E-state index is 11.9. The minimum Gasteiger partial charge on any atom is -0.477 e. The van der Waals surface area contributed by atoms with Crippen molar-refractivity contribution in [3.05, 3.63) is 41.5 Å². The largest absolute Gasteiger partial charge is 0.477 e. The van der Waals surface area contributed by atoms with E-state index < -0.39 is 21.9 Å². The molecule has 0 saturated heterocycles. The molecule has 0 aromatic heterocycles. The zero-order valence-electron chi connectivity index (χ0n) is 14.5. The molecule has 0 spiro atoms. The van der Waals surface area contributed by atoms with Crippen LogP contribution < -0.4 is 0 Å². The lowest BCUT2D eigenvalue weighted by Crippen LogP contribution is -2.24. The highest BCUT2D eigenvalue weighted by Crippen LogP contribution is 2.10. The molecule has 0 atom stereocenters. The van der Waals surface area contributed by atoms with E-state index >= 15 is 0 Å². The van der Waals surface area contributed by atoms with Gasteiger partial charge < -0.3 is 5.11 Å². The van der Waals surface area contributed by atoms with Gasteiger partial charge in [-0.15, -0.1) is 0 Å². The van der Waals surface area contributed by atoms with Crippen LogP contribution in [0.25, 0.3) is 6.08 Å². The Hall–Kier alpha value is -2.32. The van der Waals surface area contributed by atoms with Crippen molar-refractivity contribution in [3.8, 4) is 0 Å². The standard InChI is InChI=1S/C17H22N2O5S/c1-13(17(21)22)18-16(20)15-10-7-9-14(12-15)8-5-4-6-11-25(23,24)19(2)3/h5,7-10,12H,4,6,11H2,1-3H3,(H,21,22)/b8-5-,18-13+. The van der Waals surface area contributed by atoms with Gasteiger partial charge in [0.25, 0.3) is 5.91 Å². The summed E-state index contributed by atoms with van der Waals surface area (Å²) in [5.41, 5.74) is 0.774. The average molecular weight is 366 g/mol. The minimum atomic E-state index is -3.19. The van der Waals surface area contributed by atoms with Crippen molar-refractivity contribution >= 4 is 33.7 Å². The summed E-state index contributed by atoms with van der Waals surface area (Å²) in [5, 5.41) is 8.75. The molecule has 0 bridgehead atoms. The molecule has 136 valence electrons. The molecule has 0 aliphatic rings. The predicted octanol–water partition coefficient (Wildman–Crippen LogP) is 2.06. The number of aliphatic carboxylic acids is 1. The summed E-state index contributed by atoms with van der Waals surface area (Å²) in [7, 11) is -0.183. The lowest BCUT2D eigenvalue weighted by atomic mass is 10.1. The van der Waals surface area contributed by atoms with Crippen LogP contribution in [0.3, 0.4) is 0 Å². The fourth-order valence-corrected chi connectivity index (χ4v) is 2.72. The Bertz CT molecular complexity index is 795. The summed E-state index contributed by atoms with van der Waals surface area (Å²) in [5.74, 6) is -1.78. The molecule has 0 aliphatic heterocycles. The highest BCUT2D eigenvalue weighted by molar-refractivity contribution is 7.89. The number of allylic oxidation sites excluding steroid dienone is 1. The van der Waals surface area contributed by atoms with E-state index in [1.165, 1.54) is 25.3 Å². The third-order valence-electron chi connectivity index (χ3n) is 3.35. The first-order valence-corrected chi connectivity index (χ1v) is 9.24. The van der Waals surface area contributed by atoms with E-state index in [0.29, 0.717) is 12.8 Å². The quantitative estimate of drug-likeness (QED) is 0.560. The van der Waals surface area contributed by atoms with E-state index in [1.807, 2.05) is 6.08 Å². The van der Waals surface area contributed by atoms with Crippen molar-refractivity contribution in [3.63, 3.8) is 0 Å². The van der Waals surface area contributed by atoms with Crippen LogP contribution in [0.4, 0.5) is 0 Å². The Morgan fingerprint density at radius 2 is 1.96 bits per heavy atom. The number of rotatable bonds is 8. The zero-order valence-corrected chi connectivity index (χ0v) is 15.3. The number of carbonyl (C=O) groups is 2. The minimum absolute atomic E-state index is 0.0754. The van der Waals surface area contributed by atoms with Crippen LogP contribution in [0.5, 0.6) is 0 Å². The summed E-state index contributed by atoms with van der Waals surface area (Å²) >= 11 is 0. The Labute approximate surface area is 147 Å². The number of carboxylic acids is 1. The smallest absolute Gasteiger partial charge is 0.350 e. The Kier molecular flexibility index (Phi) is 7.66. The van der Waals surface area contributed by atoms with Gasteiger partial charge in [-0.1, -0.05) is 24.3 Å². The topological polar surface area (TPSA) is 104 Å². The number of nitrogens with zero attached hydrogens (tertiary/aromatic N) is 2. The number of aliphatic imine (C=N–C) groups is 1. The van der Waals surface area contributed by atoms with Crippen molar-refractivity contribution in [1.82, 2.24) is 4.31 Å². The van der Waals surface area contributed by atoms with Crippen LogP contribution in [0, 0.1) is 0 Å². The molecule has 0 fully saturated rings. The number of carboxylic acid groups (broad SMARTS) is 1. The molecule has 0 radical (unpaired) electrons. The van der Waals surface area contributed by atoms with Gasteiger partial charge in [0.05, 0.1) is 5.75 Å². The van der Waals surface area contributed by atoms with Crippen LogP contribution in [-0.4, -0.2) is 55.3 Å². The van der Waals surface area contributed by atoms with Crippen LogP contribution in [0.15, 0.2) is 35.3 Å². The van der Waals surface area contributed by atoms with Crippen molar-refractivity contribution in [2.45, 2.75) is 19.8 Å². The van der Waals surface area contributed by atoms with E-state index in [9.17, 15) is 18.0 Å². The van der Waals surface area contributed by atoms with Crippen molar-refractivity contribution in [1.29, 1.82) is 0 Å². The first kappa shape index (κ1) is 20.7. The van der Waals surface area contributed by atoms with Gasteiger partial charge in [-0.3, -0.25) is 4.79 Å². The molecule has 1 amide bonds. The van der Waals surface area contributed by atoms with Crippen molar-refractivity contribution in [2.24, 2.45) is 4.99 Å². The number of benzene rings is 1. The maximum absolute atomic E-state index is 11.9. The summed E-state index contributed by atoms with van der Waals surface area (Å²) in [4.78, 5) is 26.1. The zero-order chi connectivity index (χ0) is 19.0. The van der Waals surface area contributed by atoms with Gasteiger partial charge in [0, 0.05) is 19.7 Å². The molecule has 1 aromatic rings. The molecule has 8 heteroatoms. The van der Waals surface area contributed by atoms with E-state index in [1.54, 1.807) is 30.3 Å². The van der Waals surface area contributed by atoms with Crippen LogP contribution in [0.2, 0.25) is 0 Å². The fourth-order valence-electron chi connectivity index (χ4n) is 1.83. The second-order valence-corrected chi connectivity index (χ2v) is 7.88. The van der Waals surface area contributed by atoms with Gasteiger partial charge in [-0.25, -0.2) is 22.5 Å². The van der Waals surface area contributed by atoms with Gasteiger partial charge in [0.2, 0.25) is 10.0 Å². The van der Waals surface area contributed by atoms with Gasteiger partial charge in [-0.05, 0) is 37.5 Å². The molecular weight excluding hydrogens is 344 g/mol. The fraction of sp³-hybridized carbons (Fsp3) is 0.353. The van der Waals surface area contributed by atoms with Crippen molar-refractivity contribution < 1.29 is 23.1 Å². The third kappa shape index (κ3) is 6.98. The van der Waals surface area contributed by atoms with Gasteiger partial charge >= 0.3 is 5.97 Å². The Morgan fingerprint density at radius 1 is 1.28 bits per heavy atom. The number of hydrogen-bond acceptors (Lipinski definition) is 4. The summed E-state index contributed by atoms with van der Waals surface area (Å²) in [6, 6.07) is 6.63. The molecule has 0 unspecified atom stereocenters. The first-order chi connectivity index (χ1) is 11.6. The lowest BCUT2D eigenvalue weighted by Gasteiger charge is -2.09. The monoisotopic (exact) mass is 366 g/mol. The summed E-state index contributed by atoms with van der Waals surface area (Å²) in [6.07, 6.45) is 4.70. The average Bonchev–Trinajstić information content (AvgIpc) is 2.54. The normalized spacial score (nSPS) is 12.7. The third-order valence-corrected chi connectivity index (χ3v) is 5.27. The summed E-state index contributed by atoms with van der Waals surface area (Å²) < 4.78 is 24.5. The Balaban J connectivity index is 2.68.